The van der Waals surface area contributed by atoms with Gasteiger partial charge in [-0.3, -0.25) is 4.79 Å². The van der Waals surface area contributed by atoms with Crippen LogP contribution in [0.4, 0.5) is 5.69 Å². The van der Waals surface area contributed by atoms with Crippen molar-refractivity contribution in [3.8, 4) is 0 Å². The van der Waals surface area contributed by atoms with Crippen LogP contribution in [-0.4, -0.2) is 32.2 Å². The molecule has 1 aromatic carbocycles. The van der Waals surface area contributed by atoms with Gasteiger partial charge in [0.25, 0.3) is 0 Å². The lowest BCUT2D eigenvalue weighted by molar-refractivity contribution is -0.120. The minimum atomic E-state index is -0.540. The Balaban J connectivity index is 2.78. The first-order valence-electron chi connectivity index (χ1n) is 5.84. The summed E-state index contributed by atoms with van der Waals surface area (Å²) in [6.45, 7) is 2.39. The highest BCUT2D eigenvalue weighted by Crippen LogP contribution is 2.21. The molecule has 1 amide bonds. The molecule has 5 nitrogen and oxygen atoms in total. The maximum atomic E-state index is 11.6. The number of carbonyl (C=O) groups excluding carboxylic acids is 2. The second-order valence-corrected chi connectivity index (χ2v) is 4.22. The standard InChI is InChI=1S/C13H16ClNO4/c1-3-6-19-8-12(16)15-11-7-9(14)4-5-10(11)13(17)18-2/h4-5,7H,3,6,8H2,1-2H3,(H,15,16). The molecule has 6 heteroatoms. The first-order chi connectivity index (χ1) is 9.08. The third-order valence-corrected chi connectivity index (χ3v) is 2.48. The number of halogens is 1. The molecular weight excluding hydrogens is 270 g/mol. The quantitative estimate of drug-likeness (QED) is 0.644. The Morgan fingerprint density at radius 1 is 1.37 bits per heavy atom. The van der Waals surface area contributed by atoms with Crippen molar-refractivity contribution >= 4 is 29.2 Å². The average Bonchev–Trinajstić information content (AvgIpc) is 2.38. The van der Waals surface area contributed by atoms with E-state index in [2.05, 4.69) is 10.1 Å². The number of benzene rings is 1. The third-order valence-electron chi connectivity index (χ3n) is 2.24. The van der Waals surface area contributed by atoms with Gasteiger partial charge in [0.15, 0.2) is 0 Å². The highest BCUT2D eigenvalue weighted by molar-refractivity contribution is 6.31. The van der Waals surface area contributed by atoms with Crippen LogP contribution in [0.25, 0.3) is 0 Å². The lowest BCUT2D eigenvalue weighted by atomic mass is 10.2. The Labute approximate surface area is 116 Å². The van der Waals surface area contributed by atoms with Crippen LogP contribution < -0.4 is 5.32 Å². The average molecular weight is 286 g/mol. The van der Waals surface area contributed by atoms with Crippen LogP contribution in [0.1, 0.15) is 23.7 Å². The summed E-state index contributed by atoms with van der Waals surface area (Å²) in [6, 6.07) is 4.54. The van der Waals surface area contributed by atoms with Crippen molar-refractivity contribution in [1.29, 1.82) is 0 Å². The van der Waals surface area contributed by atoms with E-state index in [9.17, 15) is 9.59 Å². The maximum absolute atomic E-state index is 11.6. The van der Waals surface area contributed by atoms with Crippen LogP contribution in [0.3, 0.4) is 0 Å². The highest BCUT2D eigenvalue weighted by atomic mass is 35.5. The number of carbonyl (C=O) groups is 2. The lowest BCUT2D eigenvalue weighted by Gasteiger charge is -2.10. The molecule has 0 aromatic heterocycles. The summed E-state index contributed by atoms with van der Waals surface area (Å²) in [6.07, 6.45) is 0.831. The predicted molar refractivity (Wildman–Crippen MR) is 72.5 cm³/mol. The molecule has 0 atom stereocenters. The van der Waals surface area contributed by atoms with Gasteiger partial charge >= 0.3 is 5.97 Å². The maximum Gasteiger partial charge on any atom is 0.339 e. The summed E-state index contributed by atoms with van der Waals surface area (Å²) in [5, 5.41) is 2.99. The normalized spacial score (nSPS) is 10.1. The number of nitrogens with one attached hydrogen (secondary N) is 1. The van der Waals surface area contributed by atoms with Crippen molar-refractivity contribution in [3.63, 3.8) is 0 Å². The van der Waals surface area contributed by atoms with Gasteiger partial charge in [0.2, 0.25) is 5.91 Å². The number of esters is 1. The lowest BCUT2D eigenvalue weighted by Crippen LogP contribution is -2.20. The SMILES string of the molecule is CCCOCC(=O)Nc1cc(Cl)ccc1C(=O)OC. The minimum Gasteiger partial charge on any atom is -0.465 e. The molecule has 0 unspecified atom stereocenters. The van der Waals surface area contributed by atoms with Gasteiger partial charge in [-0.2, -0.15) is 0 Å². The van der Waals surface area contributed by atoms with E-state index < -0.39 is 5.97 Å². The fourth-order valence-corrected chi connectivity index (χ4v) is 1.58. The van der Waals surface area contributed by atoms with E-state index in [1.807, 2.05) is 6.92 Å². The van der Waals surface area contributed by atoms with Crippen molar-refractivity contribution in [2.24, 2.45) is 0 Å². The van der Waals surface area contributed by atoms with Crippen LogP contribution in [0.2, 0.25) is 5.02 Å². The number of rotatable bonds is 6. The van der Waals surface area contributed by atoms with E-state index in [0.29, 0.717) is 17.3 Å². The summed E-state index contributed by atoms with van der Waals surface area (Å²) in [5.74, 6) is -0.887. The largest absolute Gasteiger partial charge is 0.465 e. The highest BCUT2D eigenvalue weighted by Gasteiger charge is 2.14. The Hall–Kier alpha value is -1.59. The molecule has 0 bridgehead atoms. The van der Waals surface area contributed by atoms with E-state index in [4.69, 9.17) is 16.3 Å². The van der Waals surface area contributed by atoms with Gasteiger partial charge in [-0.25, -0.2) is 4.79 Å². The van der Waals surface area contributed by atoms with Crippen molar-refractivity contribution in [3.05, 3.63) is 28.8 Å². The molecule has 1 N–H and O–H groups in total. The Kier molecular flexibility index (Phi) is 6.32. The number of hydrogen-bond donors (Lipinski definition) is 1. The van der Waals surface area contributed by atoms with E-state index in [1.54, 1.807) is 6.07 Å². The molecule has 0 saturated heterocycles. The Morgan fingerprint density at radius 3 is 2.74 bits per heavy atom. The van der Waals surface area contributed by atoms with E-state index >= 15 is 0 Å². The summed E-state index contributed by atoms with van der Waals surface area (Å²) < 4.78 is 9.74. The molecule has 0 spiro atoms. The van der Waals surface area contributed by atoms with Gasteiger partial charge < -0.3 is 14.8 Å². The van der Waals surface area contributed by atoms with Crippen LogP contribution in [-0.2, 0) is 14.3 Å². The Bertz CT molecular complexity index is 462. The smallest absolute Gasteiger partial charge is 0.339 e. The summed E-state index contributed by atoms with van der Waals surface area (Å²) in [7, 11) is 1.27. The first-order valence-corrected chi connectivity index (χ1v) is 6.21. The van der Waals surface area contributed by atoms with Gasteiger partial charge in [-0.15, -0.1) is 0 Å². The third kappa shape index (κ3) is 4.89. The zero-order chi connectivity index (χ0) is 14.3. The van der Waals surface area contributed by atoms with Gasteiger partial charge in [-0.1, -0.05) is 18.5 Å². The van der Waals surface area contributed by atoms with Crippen molar-refractivity contribution < 1.29 is 19.1 Å². The second-order valence-electron chi connectivity index (χ2n) is 3.78. The number of hydrogen-bond acceptors (Lipinski definition) is 4. The van der Waals surface area contributed by atoms with Crippen molar-refractivity contribution in [2.75, 3.05) is 25.6 Å². The number of ether oxygens (including phenoxy) is 2. The fraction of sp³-hybridized carbons (Fsp3) is 0.385. The molecule has 19 heavy (non-hydrogen) atoms. The monoisotopic (exact) mass is 285 g/mol. The number of amides is 1. The zero-order valence-corrected chi connectivity index (χ0v) is 11.6. The van der Waals surface area contributed by atoms with Crippen LogP contribution in [0.5, 0.6) is 0 Å². The van der Waals surface area contributed by atoms with E-state index in [-0.39, 0.29) is 18.1 Å². The molecule has 0 radical (unpaired) electrons. The summed E-state index contributed by atoms with van der Waals surface area (Å²) >= 11 is 5.84. The number of methoxy groups -OCH3 is 1. The van der Waals surface area contributed by atoms with Crippen molar-refractivity contribution in [1.82, 2.24) is 0 Å². The minimum absolute atomic E-state index is 0.0685. The molecule has 0 fully saturated rings. The Morgan fingerprint density at radius 2 is 2.11 bits per heavy atom. The van der Waals surface area contributed by atoms with Gasteiger partial charge in [0.1, 0.15) is 6.61 Å². The molecule has 0 aliphatic heterocycles. The van der Waals surface area contributed by atoms with Gasteiger partial charge in [0.05, 0.1) is 18.4 Å². The molecular formula is C13H16ClNO4. The van der Waals surface area contributed by atoms with E-state index in [0.717, 1.165) is 6.42 Å². The van der Waals surface area contributed by atoms with Crippen LogP contribution in [0, 0.1) is 0 Å². The zero-order valence-electron chi connectivity index (χ0n) is 10.9. The van der Waals surface area contributed by atoms with Gasteiger partial charge in [0, 0.05) is 11.6 Å². The predicted octanol–water partition coefficient (Wildman–Crippen LogP) is 2.49. The molecule has 0 aliphatic rings. The molecule has 1 aromatic rings. The van der Waals surface area contributed by atoms with E-state index in [1.165, 1.54) is 19.2 Å². The van der Waals surface area contributed by atoms with Crippen LogP contribution in [0.15, 0.2) is 18.2 Å². The number of anilines is 1. The van der Waals surface area contributed by atoms with Crippen molar-refractivity contribution in [2.45, 2.75) is 13.3 Å². The fourth-order valence-electron chi connectivity index (χ4n) is 1.40. The van der Waals surface area contributed by atoms with Gasteiger partial charge in [-0.05, 0) is 24.6 Å². The first kappa shape index (κ1) is 15.5. The molecule has 0 heterocycles. The summed E-state index contributed by atoms with van der Waals surface area (Å²) in [5.41, 5.74) is 0.556. The second kappa shape index (κ2) is 7.76. The molecule has 1 rings (SSSR count). The molecule has 0 saturated carbocycles. The molecule has 104 valence electrons. The molecule has 0 aliphatic carbocycles. The summed E-state index contributed by atoms with van der Waals surface area (Å²) in [4.78, 5) is 23.2. The topological polar surface area (TPSA) is 64.6 Å². The van der Waals surface area contributed by atoms with Crippen LogP contribution >= 0.6 is 11.6 Å².